The molecule has 1 aliphatic heterocycles. The predicted octanol–water partition coefficient (Wildman–Crippen LogP) is 2.38. The fourth-order valence-electron chi connectivity index (χ4n) is 3.09. The van der Waals surface area contributed by atoms with E-state index in [0.29, 0.717) is 11.7 Å². The van der Waals surface area contributed by atoms with Gasteiger partial charge in [0.15, 0.2) is 0 Å². The van der Waals surface area contributed by atoms with Crippen LogP contribution in [-0.2, 0) is 16.6 Å². The van der Waals surface area contributed by atoms with Crippen LogP contribution < -0.4 is 10.2 Å². The van der Waals surface area contributed by atoms with Gasteiger partial charge in [0, 0.05) is 52.5 Å². The van der Waals surface area contributed by atoms with Crippen LogP contribution in [0.1, 0.15) is 31.7 Å². The molecule has 7 nitrogen and oxygen atoms in total. The number of carbonyl (C=O) groups is 1. The second kappa shape index (κ2) is 7.65. The van der Waals surface area contributed by atoms with E-state index in [9.17, 15) is 4.79 Å². The third-order valence-corrected chi connectivity index (χ3v) is 4.69. The highest BCUT2D eigenvalue weighted by atomic mass is 16.5. The maximum Gasteiger partial charge on any atom is 0.224 e. The lowest BCUT2D eigenvalue weighted by atomic mass is 9.93. The summed E-state index contributed by atoms with van der Waals surface area (Å²) in [4.78, 5) is 21.7. The standard InChI is InChI=1S/C18H25N5O2/c1-13(24)23(3)16-7-6-15(12-21-16)20-11-14-5-4-10-25-17(14)18-19-8-9-22(18)2/h6-9,12,14,17,20H,4-5,10-11H2,1-3H3/t14-,17+/m0/s1. The zero-order valence-electron chi connectivity index (χ0n) is 15.0. The van der Waals surface area contributed by atoms with E-state index >= 15 is 0 Å². The number of nitrogens with one attached hydrogen (secondary N) is 1. The highest BCUT2D eigenvalue weighted by Gasteiger charge is 2.30. The van der Waals surface area contributed by atoms with E-state index in [1.54, 1.807) is 13.2 Å². The molecule has 1 saturated heterocycles. The zero-order chi connectivity index (χ0) is 17.8. The minimum absolute atomic E-state index is 0.0114. The smallest absolute Gasteiger partial charge is 0.224 e. The van der Waals surface area contributed by atoms with Gasteiger partial charge < -0.3 is 19.5 Å². The van der Waals surface area contributed by atoms with E-state index in [1.807, 2.05) is 36.1 Å². The summed E-state index contributed by atoms with van der Waals surface area (Å²) in [6, 6.07) is 3.79. The quantitative estimate of drug-likeness (QED) is 0.902. The average molecular weight is 343 g/mol. The number of anilines is 2. The van der Waals surface area contributed by atoms with E-state index in [0.717, 1.165) is 37.5 Å². The summed E-state index contributed by atoms with van der Waals surface area (Å²) in [7, 11) is 3.72. The van der Waals surface area contributed by atoms with E-state index in [2.05, 4.69) is 15.3 Å². The molecule has 1 N–H and O–H groups in total. The molecule has 3 heterocycles. The van der Waals surface area contributed by atoms with Gasteiger partial charge in [-0.3, -0.25) is 4.79 Å². The summed E-state index contributed by atoms with van der Waals surface area (Å²) >= 11 is 0. The van der Waals surface area contributed by atoms with Crippen molar-refractivity contribution in [3.05, 3.63) is 36.5 Å². The van der Waals surface area contributed by atoms with E-state index in [1.165, 1.54) is 11.8 Å². The highest BCUT2D eigenvalue weighted by Crippen LogP contribution is 2.32. The van der Waals surface area contributed by atoms with Gasteiger partial charge in [0.1, 0.15) is 17.7 Å². The average Bonchev–Trinajstić information content (AvgIpc) is 3.05. The first-order valence-electron chi connectivity index (χ1n) is 8.59. The van der Waals surface area contributed by atoms with Crippen molar-refractivity contribution in [1.29, 1.82) is 0 Å². The van der Waals surface area contributed by atoms with Crippen LogP contribution in [0.2, 0.25) is 0 Å². The number of amides is 1. The number of carbonyl (C=O) groups excluding carboxylic acids is 1. The van der Waals surface area contributed by atoms with Gasteiger partial charge in [-0.25, -0.2) is 9.97 Å². The molecule has 0 spiro atoms. The van der Waals surface area contributed by atoms with Gasteiger partial charge in [-0.2, -0.15) is 0 Å². The van der Waals surface area contributed by atoms with Crippen molar-refractivity contribution in [2.75, 3.05) is 30.4 Å². The Hall–Kier alpha value is -2.41. The number of aromatic nitrogens is 3. The van der Waals surface area contributed by atoms with Crippen molar-refractivity contribution >= 4 is 17.4 Å². The monoisotopic (exact) mass is 343 g/mol. The lowest BCUT2D eigenvalue weighted by Crippen LogP contribution is -2.30. The zero-order valence-corrected chi connectivity index (χ0v) is 15.0. The maximum absolute atomic E-state index is 11.4. The lowest BCUT2D eigenvalue weighted by molar-refractivity contribution is -0.116. The molecule has 1 aliphatic rings. The van der Waals surface area contributed by atoms with Gasteiger partial charge in [-0.05, 0) is 25.0 Å². The van der Waals surface area contributed by atoms with E-state index < -0.39 is 0 Å². The molecule has 1 fully saturated rings. The Balaban J connectivity index is 1.63. The first kappa shape index (κ1) is 17.4. The van der Waals surface area contributed by atoms with Crippen molar-refractivity contribution in [1.82, 2.24) is 14.5 Å². The topological polar surface area (TPSA) is 72.3 Å². The number of aryl methyl sites for hydroxylation is 1. The normalized spacial score (nSPS) is 20.3. The molecule has 0 aromatic carbocycles. The highest BCUT2D eigenvalue weighted by molar-refractivity contribution is 5.89. The van der Waals surface area contributed by atoms with Crippen LogP contribution in [0, 0.1) is 5.92 Å². The summed E-state index contributed by atoms with van der Waals surface area (Å²) in [5.41, 5.74) is 0.935. The number of nitrogens with zero attached hydrogens (tertiary/aromatic N) is 4. The Labute approximate surface area is 148 Å². The van der Waals surface area contributed by atoms with Crippen LogP contribution in [0.5, 0.6) is 0 Å². The first-order valence-corrected chi connectivity index (χ1v) is 8.59. The molecule has 2 aromatic rings. The number of rotatable bonds is 5. The minimum atomic E-state index is -0.0366. The van der Waals surface area contributed by atoms with Crippen molar-refractivity contribution in [2.45, 2.75) is 25.9 Å². The second-order valence-corrected chi connectivity index (χ2v) is 6.45. The fraction of sp³-hybridized carbons (Fsp3) is 0.500. The third-order valence-electron chi connectivity index (χ3n) is 4.69. The minimum Gasteiger partial charge on any atom is -0.383 e. The number of ether oxygens (including phenoxy) is 1. The van der Waals surface area contributed by atoms with Gasteiger partial charge in [-0.1, -0.05) is 0 Å². The summed E-state index contributed by atoms with van der Waals surface area (Å²) in [6.07, 6.45) is 7.70. The van der Waals surface area contributed by atoms with E-state index in [-0.39, 0.29) is 12.0 Å². The molecule has 25 heavy (non-hydrogen) atoms. The Bertz CT molecular complexity index is 713. The van der Waals surface area contributed by atoms with E-state index in [4.69, 9.17) is 4.74 Å². The molecule has 2 aromatic heterocycles. The number of hydrogen-bond donors (Lipinski definition) is 1. The molecule has 0 saturated carbocycles. The fourth-order valence-corrected chi connectivity index (χ4v) is 3.09. The molecule has 134 valence electrons. The molecule has 3 rings (SSSR count). The number of hydrogen-bond acceptors (Lipinski definition) is 5. The third kappa shape index (κ3) is 3.99. The summed E-state index contributed by atoms with van der Waals surface area (Å²) in [5, 5.41) is 3.44. The Kier molecular flexibility index (Phi) is 5.33. The molecule has 0 bridgehead atoms. The molecule has 1 amide bonds. The van der Waals surface area contributed by atoms with Gasteiger partial charge in [0.2, 0.25) is 5.91 Å². The molecular formula is C18H25N5O2. The molecule has 0 radical (unpaired) electrons. The second-order valence-electron chi connectivity index (χ2n) is 6.45. The van der Waals surface area contributed by atoms with Gasteiger partial charge in [0.05, 0.1) is 11.9 Å². The molecule has 7 heteroatoms. The number of pyridine rings is 1. The Morgan fingerprint density at radius 2 is 2.28 bits per heavy atom. The summed E-state index contributed by atoms with van der Waals surface area (Å²) in [5.74, 6) is 1.94. The molecule has 0 aliphatic carbocycles. The maximum atomic E-state index is 11.4. The van der Waals surface area contributed by atoms with Crippen molar-refractivity contribution < 1.29 is 9.53 Å². The van der Waals surface area contributed by atoms with Crippen LogP contribution in [0.25, 0.3) is 0 Å². The summed E-state index contributed by atoms with van der Waals surface area (Å²) in [6.45, 7) is 3.09. The molecule has 2 atom stereocenters. The van der Waals surface area contributed by atoms with Crippen LogP contribution in [0.4, 0.5) is 11.5 Å². The van der Waals surface area contributed by atoms with Crippen LogP contribution in [0.15, 0.2) is 30.7 Å². The summed E-state index contributed by atoms with van der Waals surface area (Å²) < 4.78 is 8.02. The lowest BCUT2D eigenvalue weighted by Gasteiger charge is -2.31. The Morgan fingerprint density at radius 3 is 2.92 bits per heavy atom. The molecular weight excluding hydrogens is 318 g/mol. The number of imidazole rings is 1. The van der Waals surface area contributed by atoms with Crippen LogP contribution in [-0.4, -0.2) is 40.6 Å². The van der Waals surface area contributed by atoms with Crippen molar-refractivity contribution in [2.24, 2.45) is 13.0 Å². The first-order chi connectivity index (χ1) is 12.1. The molecule has 0 unspecified atom stereocenters. The van der Waals surface area contributed by atoms with Gasteiger partial charge >= 0.3 is 0 Å². The van der Waals surface area contributed by atoms with Crippen molar-refractivity contribution in [3.8, 4) is 0 Å². The van der Waals surface area contributed by atoms with Crippen LogP contribution in [0.3, 0.4) is 0 Å². The van der Waals surface area contributed by atoms with Crippen molar-refractivity contribution in [3.63, 3.8) is 0 Å². The largest absolute Gasteiger partial charge is 0.383 e. The van der Waals surface area contributed by atoms with Gasteiger partial charge in [-0.15, -0.1) is 0 Å². The van der Waals surface area contributed by atoms with Gasteiger partial charge in [0.25, 0.3) is 0 Å². The predicted molar refractivity (Wildman–Crippen MR) is 96.4 cm³/mol. The SMILES string of the molecule is CC(=O)N(C)c1ccc(NC[C@@H]2CCCO[C@H]2c2nccn2C)cn1. The Morgan fingerprint density at radius 1 is 1.44 bits per heavy atom. The van der Waals surface area contributed by atoms with Crippen LogP contribution >= 0.6 is 0 Å².